The Bertz CT molecular complexity index is 623. The Morgan fingerprint density at radius 1 is 1.33 bits per heavy atom. The topological polar surface area (TPSA) is 45.4 Å². The summed E-state index contributed by atoms with van der Waals surface area (Å²) in [7, 11) is 4.32. The molecule has 2 N–H and O–H groups in total. The van der Waals surface area contributed by atoms with Gasteiger partial charge in [-0.15, -0.1) is 0 Å². The highest BCUT2D eigenvalue weighted by molar-refractivity contribution is 5.84. The molecule has 2 aromatic rings. The number of nitrogens with zero attached hydrogens (tertiary/aromatic N) is 3. The molecule has 0 bridgehead atoms. The van der Waals surface area contributed by atoms with Crippen LogP contribution < -0.4 is 10.6 Å². The maximum absolute atomic E-state index is 5.94. The van der Waals surface area contributed by atoms with E-state index in [0.29, 0.717) is 12.6 Å². The zero-order chi connectivity index (χ0) is 14.8. The minimum Gasteiger partial charge on any atom is -0.355 e. The Balaban J connectivity index is 1.96. The Kier molecular flexibility index (Phi) is 4.08. The number of rotatable bonds is 3. The average molecular weight is 284 g/mol. The monoisotopic (exact) mass is 284 g/mol. The number of hydrogen-bond donors (Lipinski definition) is 1. The summed E-state index contributed by atoms with van der Waals surface area (Å²) in [5.74, 6) is 1.07. The number of pyridine rings is 1. The fourth-order valence-corrected chi connectivity index (χ4v) is 3.15. The summed E-state index contributed by atoms with van der Waals surface area (Å²) in [6, 6.07) is 11.0. The van der Waals surface area contributed by atoms with E-state index in [-0.39, 0.29) is 0 Å². The first-order chi connectivity index (χ1) is 10.2. The Morgan fingerprint density at radius 2 is 2.14 bits per heavy atom. The molecule has 1 saturated heterocycles. The van der Waals surface area contributed by atoms with E-state index in [4.69, 9.17) is 10.7 Å². The minimum atomic E-state index is 0.557. The van der Waals surface area contributed by atoms with Crippen LogP contribution in [0.1, 0.15) is 18.4 Å². The van der Waals surface area contributed by atoms with Crippen molar-refractivity contribution in [2.75, 3.05) is 32.1 Å². The molecular weight excluding hydrogens is 260 g/mol. The number of anilines is 1. The van der Waals surface area contributed by atoms with Crippen molar-refractivity contribution in [1.82, 2.24) is 9.88 Å². The maximum atomic E-state index is 5.94. The summed E-state index contributed by atoms with van der Waals surface area (Å²) >= 11 is 0. The van der Waals surface area contributed by atoms with Gasteiger partial charge in [0.15, 0.2) is 0 Å². The van der Waals surface area contributed by atoms with Gasteiger partial charge in [-0.3, -0.25) is 0 Å². The van der Waals surface area contributed by atoms with E-state index in [9.17, 15) is 0 Å². The van der Waals surface area contributed by atoms with Crippen LogP contribution in [0.15, 0.2) is 30.3 Å². The number of para-hydroxylation sites is 1. The lowest BCUT2D eigenvalue weighted by Crippen LogP contribution is -2.45. The van der Waals surface area contributed by atoms with E-state index in [1.165, 1.54) is 23.8 Å². The fraction of sp³-hybridized carbons (Fsp3) is 0.471. The molecule has 4 heteroatoms. The molecule has 1 unspecified atom stereocenters. The third kappa shape index (κ3) is 2.87. The van der Waals surface area contributed by atoms with Crippen LogP contribution in [0.5, 0.6) is 0 Å². The standard InChI is InChI=1S/C17H24N4/c1-20(2)14-6-5-9-21(12-14)17-10-13(11-18)15-7-3-4-8-16(15)19-17/h3-4,7-8,10,14H,5-6,9,11-12,18H2,1-2H3. The molecule has 21 heavy (non-hydrogen) atoms. The number of aromatic nitrogens is 1. The van der Waals surface area contributed by atoms with E-state index in [2.05, 4.69) is 42.1 Å². The highest BCUT2D eigenvalue weighted by Gasteiger charge is 2.22. The van der Waals surface area contributed by atoms with E-state index < -0.39 is 0 Å². The van der Waals surface area contributed by atoms with Crippen LogP contribution in [0, 0.1) is 0 Å². The van der Waals surface area contributed by atoms with Gasteiger partial charge in [0.25, 0.3) is 0 Å². The van der Waals surface area contributed by atoms with Gasteiger partial charge in [0.2, 0.25) is 0 Å². The van der Waals surface area contributed by atoms with Crippen molar-refractivity contribution in [1.29, 1.82) is 0 Å². The molecule has 1 aromatic carbocycles. The molecule has 1 fully saturated rings. The molecule has 0 aliphatic carbocycles. The summed E-state index contributed by atoms with van der Waals surface area (Å²) in [6.45, 7) is 2.68. The second-order valence-electron chi connectivity index (χ2n) is 6.07. The predicted octanol–water partition coefficient (Wildman–Crippen LogP) is 2.22. The van der Waals surface area contributed by atoms with Gasteiger partial charge in [-0.25, -0.2) is 4.98 Å². The van der Waals surface area contributed by atoms with Crippen LogP contribution in [-0.2, 0) is 6.54 Å². The first kappa shape index (κ1) is 14.3. The van der Waals surface area contributed by atoms with Gasteiger partial charge in [-0.1, -0.05) is 18.2 Å². The summed E-state index contributed by atoms with van der Waals surface area (Å²) in [5.41, 5.74) is 8.16. The molecular formula is C17H24N4. The normalized spacial score (nSPS) is 19.4. The van der Waals surface area contributed by atoms with Crippen LogP contribution >= 0.6 is 0 Å². The number of fused-ring (bicyclic) bond motifs is 1. The number of hydrogen-bond acceptors (Lipinski definition) is 4. The zero-order valence-corrected chi connectivity index (χ0v) is 12.9. The Hall–Kier alpha value is -1.65. The molecule has 4 nitrogen and oxygen atoms in total. The number of piperidine rings is 1. The quantitative estimate of drug-likeness (QED) is 0.939. The van der Waals surface area contributed by atoms with Crippen molar-refractivity contribution in [2.24, 2.45) is 5.73 Å². The van der Waals surface area contributed by atoms with E-state index in [1.807, 2.05) is 12.1 Å². The van der Waals surface area contributed by atoms with Crippen LogP contribution in [0.25, 0.3) is 10.9 Å². The highest BCUT2D eigenvalue weighted by Crippen LogP contribution is 2.25. The second kappa shape index (κ2) is 6.00. The van der Waals surface area contributed by atoms with Crippen LogP contribution in [-0.4, -0.2) is 43.1 Å². The molecule has 0 spiro atoms. The predicted molar refractivity (Wildman–Crippen MR) is 88.6 cm³/mol. The largest absolute Gasteiger partial charge is 0.355 e. The molecule has 1 atom stereocenters. The lowest BCUT2D eigenvalue weighted by molar-refractivity contribution is 0.257. The third-order valence-electron chi connectivity index (χ3n) is 4.46. The van der Waals surface area contributed by atoms with Crippen molar-refractivity contribution in [3.05, 3.63) is 35.9 Å². The molecule has 3 rings (SSSR count). The highest BCUT2D eigenvalue weighted by atomic mass is 15.2. The van der Waals surface area contributed by atoms with E-state index in [1.54, 1.807) is 0 Å². The zero-order valence-electron chi connectivity index (χ0n) is 12.9. The minimum absolute atomic E-state index is 0.557. The summed E-state index contributed by atoms with van der Waals surface area (Å²) in [6.07, 6.45) is 2.48. The van der Waals surface area contributed by atoms with Gasteiger partial charge < -0.3 is 15.5 Å². The van der Waals surface area contributed by atoms with Gasteiger partial charge >= 0.3 is 0 Å². The summed E-state index contributed by atoms with van der Waals surface area (Å²) in [4.78, 5) is 9.57. The lowest BCUT2D eigenvalue weighted by atomic mass is 10.0. The molecule has 0 amide bonds. The third-order valence-corrected chi connectivity index (χ3v) is 4.46. The summed E-state index contributed by atoms with van der Waals surface area (Å²) < 4.78 is 0. The van der Waals surface area contributed by atoms with Gasteiger partial charge in [0.05, 0.1) is 5.52 Å². The number of likely N-dealkylation sites (N-methyl/N-ethyl adjacent to an activating group) is 1. The van der Waals surface area contributed by atoms with Gasteiger partial charge in [0, 0.05) is 31.1 Å². The maximum Gasteiger partial charge on any atom is 0.129 e. The second-order valence-corrected chi connectivity index (χ2v) is 6.07. The van der Waals surface area contributed by atoms with Crippen LogP contribution in [0.3, 0.4) is 0 Å². The molecule has 1 aromatic heterocycles. The molecule has 1 aliphatic rings. The first-order valence-corrected chi connectivity index (χ1v) is 7.69. The van der Waals surface area contributed by atoms with Gasteiger partial charge in [0.1, 0.15) is 5.82 Å². The molecule has 1 aliphatic heterocycles. The van der Waals surface area contributed by atoms with Crippen molar-refractivity contribution < 1.29 is 0 Å². The molecule has 2 heterocycles. The van der Waals surface area contributed by atoms with Crippen LogP contribution in [0.4, 0.5) is 5.82 Å². The van der Waals surface area contributed by atoms with E-state index in [0.717, 1.165) is 24.4 Å². The molecule has 0 saturated carbocycles. The fourth-order valence-electron chi connectivity index (χ4n) is 3.15. The number of benzene rings is 1. The average Bonchev–Trinajstić information content (AvgIpc) is 2.53. The lowest BCUT2D eigenvalue weighted by Gasteiger charge is -2.37. The van der Waals surface area contributed by atoms with Gasteiger partial charge in [-0.2, -0.15) is 0 Å². The molecule has 112 valence electrons. The first-order valence-electron chi connectivity index (χ1n) is 7.69. The van der Waals surface area contributed by atoms with Crippen molar-refractivity contribution in [2.45, 2.75) is 25.4 Å². The van der Waals surface area contributed by atoms with Crippen LogP contribution in [0.2, 0.25) is 0 Å². The molecule has 0 radical (unpaired) electrons. The van der Waals surface area contributed by atoms with Crippen molar-refractivity contribution >= 4 is 16.7 Å². The number of nitrogens with two attached hydrogens (primary N) is 1. The Morgan fingerprint density at radius 3 is 2.90 bits per heavy atom. The van der Waals surface area contributed by atoms with Crippen molar-refractivity contribution in [3.63, 3.8) is 0 Å². The smallest absolute Gasteiger partial charge is 0.129 e. The van der Waals surface area contributed by atoms with Gasteiger partial charge in [-0.05, 0) is 44.6 Å². The van der Waals surface area contributed by atoms with Crippen molar-refractivity contribution in [3.8, 4) is 0 Å². The summed E-state index contributed by atoms with van der Waals surface area (Å²) in [5, 5.41) is 1.17. The Labute approximate surface area is 126 Å². The van der Waals surface area contributed by atoms with E-state index >= 15 is 0 Å². The SMILES string of the molecule is CN(C)C1CCCN(c2cc(CN)c3ccccc3n2)C1.